The summed E-state index contributed by atoms with van der Waals surface area (Å²) in [6.07, 6.45) is 2.81. The van der Waals surface area contributed by atoms with Gasteiger partial charge >= 0.3 is 5.97 Å². The van der Waals surface area contributed by atoms with E-state index in [2.05, 4.69) is 26.9 Å². The zero-order chi connectivity index (χ0) is 19.6. The van der Waals surface area contributed by atoms with Gasteiger partial charge in [-0.25, -0.2) is 4.79 Å². The number of ether oxygens (including phenoxy) is 1. The Labute approximate surface area is 160 Å². The van der Waals surface area contributed by atoms with Crippen molar-refractivity contribution in [1.29, 1.82) is 0 Å². The SMILES string of the molecule is CCOC(=O)c1nn(CCN(C)C)c2c1CN(Cc1cnn(C)c1C)CC2. The molecule has 0 N–H and O–H groups in total. The predicted octanol–water partition coefficient (Wildman–Crippen LogP) is 1.22. The van der Waals surface area contributed by atoms with Gasteiger partial charge in [-0.2, -0.15) is 10.2 Å². The van der Waals surface area contributed by atoms with E-state index in [0.717, 1.165) is 38.2 Å². The van der Waals surface area contributed by atoms with Gasteiger partial charge in [-0.3, -0.25) is 14.3 Å². The van der Waals surface area contributed by atoms with Crippen molar-refractivity contribution in [3.05, 3.63) is 34.4 Å². The third-order valence-electron chi connectivity index (χ3n) is 5.17. The minimum atomic E-state index is -0.322. The molecule has 0 fully saturated rings. The first-order valence-corrected chi connectivity index (χ1v) is 9.51. The summed E-state index contributed by atoms with van der Waals surface area (Å²) in [5.41, 5.74) is 5.05. The zero-order valence-corrected chi connectivity index (χ0v) is 17.0. The predicted molar refractivity (Wildman–Crippen MR) is 103 cm³/mol. The van der Waals surface area contributed by atoms with Gasteiger partial charge in [-0.1, -0.05) is 0 Å². The summed E-state index contributed by atoms with van der Waals surface area (Å²) in [7, 11) is 6.04. The molecule has 2 aromatic rings. The second-order valence-corrected chi connectivity index (χ2v) is 7.36. The smallest absolute Gasteiger partial charge is 0.359 e. The van der Waals surface area contributed by atoms with Gasteiger partial charge in [0, 0.05) is 62.2 Å². The second-order valence-electron chi connectivity index (χ2n) is 7.36. The van der Waals surface area contributed by atoms with Crippen LogP contribution in [-0.2, 0) is 37.8 Å². The molecule has 3 heterocycles. The van der Waals surface area contributed by atoms with Crippen molar-refractivity contribution in [1.82, 2.24) is 29.4 Å². The molecule has 0 saturated carbocycles. The highest BCUT2D eigenvalue weighted by Crippen LogP contribution is 2.25. The summed E-state index contributed by atoms with van der Waals surface area (Å²) < 4.78 is 9.14. The monoisotopic (exact) mass is 374 g/mol. The first-order valence-electron chi connectivity index (χ1n) is 9.51. The van der Waals surface area contributed by atoms with E-state index < -0.39 is 0 Å². The number of esters is 1. The summed E-state index contributed by atoms with van der Waals surface area (Å²) in [5, 5.41) is 8.95. The van der Waals surface area contributed by atoms with Crippen molar-refractivity contribution in [2.45, 2.75) is 39.9 Å². The standard InChI is InChI=1S/C19H30N6O2/c1-6-27-19(26)18-16-13-24(12-15-11-20-23(5)14(15)2)8-7-17(16)25(21-18)10-9-22(3)4/h11H,6-10,12-13H2,1-5H3. The van der Waals surface area contributed by atoms with E-state index in [9.17, 15) is 4.79 Å². The maximum absolute atomic E-state index is 12.5. The van der Waals surface area contributed by atoms with Crippen LogP contribution in [0.4, 0.5) is 0 Å². The Bertz CT molecular complexity index is 807. The van der Waals surface area contributed by atoms with Crippen LogP contribution in [0, 0.1) is 6.92 Å². The van der Waals surface area contributed by atoms with Crippen molar-refractivity contribution in [3.8, 4) is 0 Å². The molecule has 27 heavy (non-hydrogen) atoms. The molecule has 1 aliphatic rings. The third kappa shape index (κ3) is 4.22. The van der Waals surface area contributed by atoms with Crippen LogP contribution in [-0.4, -0.2) is 69.1 Å². The summed E-state index contributed by atoms with van der Waals surface area (Å²) in [5.74, 6) is -0.322. The Kier molecular flexibility index (Phi) is 5.96. The number of likely N-dealkylation sites (N-methyl/N-ethyl adjacent to an activating group) is 1. The Hall–Kier alpha value is -2.19. The molecule has 0 saturated heterocycles. The molecule has 0 aromatic carbocycles. The minimum absolute atomic E-state index is 0.322. The molecule has 0 amide bonds. The van der Waals surface area contributed by atoms with Crippen LogP contribution < -0.4 is 0 Å². The number of carbonyl (C=O) groups excluding carboxylic acids is 1. The minimum Gasteiger partial charge on any atom is -0.461 e. The molecule has 0 bridgehead atoms. The summed E-state index contributed by atoms with van der Waals surface area (Å²) >= 11 is 0. The Morgan fingerprint density at radius 3 is 2.78 bits per heavy atom. The fraction of sp³-hybridized carbons (Fsp3) is 0.632. The molecule has 148 valence electrons. The van der Waals surface area contributed by atoms with Crippen LogP contribution in [0.15, 0.2) is 6.20 Å². The first kappa shape index (κ1) is 19.6. The van der Waals surface area contributed by atoms with Crippen molar-refractivity contribution < 1.29 is 9.53 Å². The lowest BCUT2D eigenvalue weighted by Gasteiger charge is -2.27. The number of carbonyl (C=O) groups is 1. The fourth-order valence-corrected chi connectivity index (χ4v) is 3.47. The van der Waals surface area contributed by atoms with E-state index in [-0.39, 0.29) is 5.97 Å². The molecule has 0 spiro atoms. The molecule has 8 heteroatoms. The lowest BCUT2D eigenvalue weighted by atomic mass is 10.0. The molecule has 0 unspecified atom stereocenters. The van der Waals surface area contributed by atoms with Gasteiger partial charge in [0.1, 0.15) is 0 Å². The molecule has 0 aliphatic carbocycles. The molecular formula is C19H30N6O2. The lowest BCUT2D eigenvalue weighted by Crippen LogP contribution is -2.32. The highest BCUT2D eigenvalue weighted by Gasteiger charge is 2.29. The quantitative estimate of drug-likeness (QED) is 0.679. The topological polar surface area (TPSA) is 68.4 Å². The van der Waals surface area contributed by atoms with Crippen LogP contribution in [0.2, 0.25) is 0 Å². The number of aryl methyl sites for hydroxylation is 1. The number of nitrogens with zero attached hydrogens (tertiary/aromatic N) is 6. The van der Waals surface area contributed by atoms with E-state index in [1.165, 1.54) is 17.0 Å². The lowest BCUT2D eigenvalue weighted by molar-refractivity contribution is 0.0515. The molecule has 1 aliphatic heterocycles. The average Bonchev–Trinajstić information content (AvgIpc) is 3.15. The van der Waals surface area contributed by atoms with Gasteiger partial charge in [0.05, 0.1) is 19.3 Å². The highest BCUT2D eigenvalue weighted by molar-refractivity contribution is 5.89. The molecule has 8 nitrogen and oxygen atoms in total. The third-order valence-corrected chi connectivity index (χ3v) is 5.17. The van der Waals surface area contributed by atoms with E-state index in [0.29, 0.717) is 18.8 Å². The van der Waals surface area contributed by atoms with Crippen LogP contribution in [0.25, 0.3) is 0 Å². The Balaban J connectivity index is 1.84. The number of hydrogen-bond donors (Lipinski definition) is 0. The van der Waals surface area contributed by atoms with Crippen LogP contribution in [0.3, 0.4) is 0 Å². The maximum Gasteiger partial charge on any atom is 0.359 e. The largest absolute Gasteiger partial charge is 0.461 e. The van der Waals surface area contributed by atoms with E-state index in [4.69, 9.17) is 4.74 Å². The maximum atomic E-state index is 12.5. The second kappa shape index (κ2) is 8.22. The highest BCUT2D eigenvalue weighted by atomic mass is 16.5. The van der Waals surface area contributed by atoms with E-state index >= 15 is 0 Å². The van der Waals surface area contributed by atoms with Crippen LogP contribution >= 0.6 is 0 Å². The van der Waals surface area contributed by atoms with Gasteiger partial charge in [-0.15, -0.1) is 0 Å². The van der Waals surface area contributed by atoms with Gasteiger partial charge in [-0.05, 0) is 27.9 Å². The van der Waals surface area contributed by atoms with Crippen molar-refractivity contribution in [2.24, 2.45) is 7.05 Å². The Morgan fingerprint density at radius 1 is 1.37 bits per heavy atom. The van der Waals surface area contributed by atoms with Crippen molar-refractivity contribution >= 4 is 5.97 Å². The molecular weight excluding hydrogens is 344 g/mol. The average molecular weight is 374 g/mol. The van der Waals surface area contributed by atoms with Crippen molar-refractivity contribution in [3.63, 3.8) is 0 Å². The normalized spacial score (nSPS) is 14.6. The Morgan fingerprint density at radius 2 is 2.15 bits per heavy atom. The van der Waals surface area contributed by atoms with E-state index in [1.807, 2.05) is 43.6 Å². The zero-order valence-electron chi connectivity index (χ0n) is 17.0. The van der Waals surface area contributed by atoms with Crippen LogP contribution in [0.1, 0.15) is 39.9 Å². The van der Waals surface area contributed by atoms with Gasteiger partial charge < -0.3 is 9.64 Å². The molecule has 0 radical (unpaired) electrons. The van der Waals surface area contributed by atoms with Crippen LogP contribution in [0.5, 0.6) is 0 Å². The van der Waals surface area contributed by atoms with Gasteiger partial charge in [0.25, 0.3) is 0 Å². The fourth-order valence-electron chi connectivity index (χ4n) is 3.47. The number of hydrogen-bond acceptors (Lipinski definition) is 6. The van der Waals surface area contributed by atoms with E-state index in [1.54, 1.807) is 0 Å². The number of fused-ring (bicyclic) bond motifs is 1. The molecule has 0 atom stereocenters. The van der Waals surface area contributed by atoms with Gasteiger partial charge in [0.15, 0.2) is 5.69 Å². The molecule has 2 aromatic heterocycles. The summed E-state index contributed by atoms with van der Waals surface area (Å²) in [6, 6.07) is 0. The van der Waals surface area contributed by atoms with Crippen molar-refractivity contribution in [2.75, 3.05) is 33.8 Å². The number of rotatable bonds is 7. The van der Waals surface area contributed by atoms with Gasteiger partial charge in [0.2, 0.25) is 0 Å². The first-order chi connectivity index (χ1) is 12.9. The summed E-state index contributed by atoms with van der Waals surface area (Å²) in [4.78, 5) is 16.9. The summed E-state index contributed by atoms with van der Waals surface area (Å²) in [6.45, 7) is 8.40. The number of aromatic nitrogens is 4. The molecule has 3 rings (SSSR count).